The molecule has 0 amide bonds. The summed E-state index contributed by atoms with van der Waals surface area (Å²) in [6.45, 7) is 1.24. The van der Waals surface area contributed by atoms with E-state index >= 15 is 0 Å². The summed E-state index contributed by atoms with van der Waals surface area (Å²) in [6.07, 6.45) is 0. The maximum atomic E-state index is 5.13. The molecule has 0 aromatic carbocycles. The van der Waals surface area contributed by atoms with Crippen molar-refractivity contribution in [3.8, 4) is 0 Å². The summed E-state index contributed by atoms with van der Waals surface area (Å²) in [4.78, 5) is 0. The molecule has 4 heteroatoms. The molecule has 0 aliphatic carbocycles. The van der Waals surface area contributed by atoms with Crippen LogP contribution in [0.3, 0.4) is 0 Å². The molecular weight excluding hydrogens is 240 g/mol. The monoisotopic (exact) mass is 244 g/mol. The lowest BCUT2D eigenvalue weighted by Gasteiger charge is -2.21. The zero-order valence-electron chi connectivity index (χ0n) is 4.14. The average Bonchev–Trinajstić information content (AvgIpc) is 1.77. The number of alkyl halides is 2. The first kappa shape index (κ1) is 6.99. The van der Waals surface area contributed by atoms with Gasteiger partial charge in [-0.2, -0.15) is 0 Å². The molecule has 48 valence electrons. The van der Waals surface area contributed by atoms with E-state index in [-0.39, 0.29) is 10.0 Å². The third-order valence-electron chi connectivity index (χ3n) is 0.816. The second-order valence-corrected chi connectivity index (χ2v) is 3.53. The zero-order chi connectivity index (χ0) is 5.98. The lowest BCUT2D eigenvalue weighted by molar-refractivity contribution is -0.0598. The first-order valence-corrected chi connectivity index (χ1v) is 4.13. The van der Waals surface area contributed by atoms with Crippen LogP contribution in [0.2, 0.25) is 0 Å². The molecule has 1 heterocycles. The van der Waals surface area contributed by atoms with E-state index in [9.17, 15) is 0 Å². The normalized spacial score (nSPS) is 39.8. The van der Waals surface area contributed by atoms with E-state index in [1.54, 1.807) is 0 Å². The van der Waals surface area contributed by atoms with Crippen LogP contribution in [0.4, 0.5) is 0 Å². The minimum Gasteiger partial charge on any atom is -0.361 e. The van der Waals surface area contributed by atoms with Gasteiger partial charge in [-0.05, 0) is 0 Å². The maximum absolute atomic E-state index is 5.13. The fourth-order valence-electron chi connectivity index (χ4n) is 0.456. The Kier molecular flexibility index (Phi) is 2.75. The summed E-state index contributed by atoms with van der Waals surface area (Å²) < 4.78 is 10.3. The van der Waals surface area contributed by atoms with Gasteiger partial charge in [0.1, 0.15) is 10.0 Å². The first-order valence-electron chi connectivity index (χ1n) is 2.30. The van der Waals surface area contributed by atoms with Gasteiger partial charge in [-0.1, -0.05) is 31.9 Å². The van der Waals surface area contributed by atoms with Gasteiger partial charge in [0.15, 0.2) is 0 Å². The van der Waals surface area contributed by atoms with Crippen LogP contribution in [0.1, 0.15) is 0 Å². The zero-order valence-corrected chi connectivity index (χ0v) is 7.31. The lowest BCUT2D eigenvalue weighted by atomic mass is 10.6. The predicted octanol–water partition coefficient (Wildman–Crippen LogP) is 1.48. The smallest absolute Gasteiger partial charge is 0.135 e. The maximum Gasteiger partial charge on any atom is 0.135 e. The van der Waals surface area contributed by atoms with Crippen LogP contribution in [-0.2, 0) is 9.47 Å². The number of hydrogen-bond donors (Lipinski definition) is 0. The first-order chi connectivity index (χ1) is 3.79. The van der Waals surface area contributed by atoms with E-state index in [1.165, 1.54) is 0 Å². The van der Waals surface area contributed by atoms with Gasteiger partial charge in [0, 0.05) is 0 Å². The number of halogens is 2. The molecule has 8 heavy (non-hydrogen) atoms. The van der Waals surface area contributed by atoms with Gasteiger partial charge in [-0.3, -0.25) is 0 Å². The highest BCUT2D eigenvalue weighted by molar-refractivity contribution is 9.09. The molecule has 0 spiro atoms. The van der Waals surface area contributed by atoms with Crippen LogP contribution in [-0.4, -0.2) is 23.2 Å². The van der Waals surface area contributed by atoms with Crippen molar-refractivity contribution in [3.05, 3.63) is 0 Å². The van der Waals surface area contributed by atoms with Gasteiger partial charge in [-0.15, -0.1) is 0 Å². The molecule has 1 rings (SSSR count). The molecule has 0 aromatic heterocycles. The third-order valence-corrected chi connectivity index (χ3v) is 1.87. The highest BCUT2D eigenvalue weighted by Gasteiger charge is 2.16. The van der Waals surface area contributed by atoms with E-state index in [1.807, 2.05) is 0 Å². The second kappa shape index (κ2) is 3.15. The minimum atomic E-state index is 0.0799. The standard InChI is InChI=1S/C4H6Br2O2/c5-3-1-7-4(6)2-8-3/h3-4H,1-2H2. The molecule has 2 nitrogen and oxygen atoms in total. The fraction of sp³-hybridized carbons (Fsp3) is 1.00. The van der Waals surface area contributed by atoms with Crippen LogP contribution in [0.15, 0.2) is 0 Å². The number of rotatable bonds is 0. The highest BCUT2D eigenvalue weighted by atomic mass is 79.9. The Morgan fingerprint density at radius 2 is 1.38 bits per heavy atom. The number of hydrogen-bond acceptors (Lipinski definition) is 2. The van der Waals surface area contributed by atoms with Crippen LogP contribution in [0.25, 0.3) is 0 Å². The van der Waals surface area contributed by atoms with Crippen molar-refractivity contribution in [1.29, 1.82) is 0 Å². The Morgan fingerprint density at radius 1 is 1.00 bits per heavy atom. The second-order valence-electron chi connectivity index (χ2n) is 1.49. The summed E-state index contributed by atoms with van der Waals surface area (Å²) >= 11 is 6.50. The van der Waals surface area contributed by atoms with Gasteiger partial charge < -0.3 is 9.47 Å². The quantitative estimate of drug-likeness (QED) is 0.602. The molecule has 0 N–H and O–H groups in total. The van der Waals surface area contributed by atoms with Crippen molar-refractivity contribution in [2.75, 3.05) is 13.2 Å². The Balaban J connectivity index is 2.19. The van der Waals surface area contributed by atoms with Gasteiger partial charge in [0.05, 0.1) is 13.2 Å². The highest BCUT2D eigenvalue weighted by Crippen LogP contribution is 2.14. The van der Waals surface area contributed by atoms with Crippen LogP contribution in [0.5, 0.6) is 0 Å². The van der Waals surface area contributed by atoms with Crippen LogP contribution in [0, 0.1) is 0 Å². The minimum absolute atomic E-state index is 0.0799. The van der Waals surface area contributed by atoms with E-state index in [0.29, 0.717) is 13.2 Å². The summed E-state index contributed by atoms with van der Waals surface area (Å²) in [5.74, 6) is 0. The molecule has 2 atom stereocenters. The van der Waals surface area contributed by atoms with Gasteiger partial charge in [0.25, 0.3) is 0 Å². The van der Waals surface area contributed by atoms with E-state index in [0.717, 1.165) is 0 Å². The molecule has 0 radical (unpaired) electrons. The van der Waals surface area contributed by atoms with Gasteiger partial charge in [-0.25, -0.2) is 0 Å². The molecule has 1 aliphatic rings. The summed E-state index contributed by atoms with van der Waals surface area (Å²) in [6, 6.07) is 0. The lowest BCUT2D eigenvalue weighted by Crippen LogP contribution is -2.28. The van der Waals surface area contributed by atoms with Crippen molar-refractivity contribution in [2.24, 2.45) is 0 Å². The third kappa shape index (κ3) is 2.01. The van der Waals surface area contributed by atoms with Crippen molar-refractivity contribution in [3.63, 3.8) is 0 Å². The van der Waals surface area contributed by atoms with Gasteiger partial charge >= 0.3 is 0 Å². The Labute approximate surface area is 64.8 Å². The SMILES string of the molecule is BrC1COC(Br)CO1. The largest absolute Gasteiger partial charge is 0.361 e. The summed E-state index contributed by atoms with van der Waals surface area (Å²) in [5, 5.41) is 0.160. The molecule has 1 fully saturated rings. The Hall–Kier alpha value is 0.880. The van der Waals surface area contributed by atoms with Crippen LogP contribution >= 0.6 is 31.9 Å². The predicted molar refractivity (Wildman–Crippen MR) is 37.3 cm³/mol. The molecule has 1 aliphatic heterocycles. The van der Waals surface area contributed by atoms with Crippen molar-refractivity contribution >= 4 is 31.9 Å². The van der Waals surface area contributed by atoms with Gasteiger partial charge in [0.2, 0.25) is 0 Å². The van der Waals surface area contributed by atoms with Crippen molar-refractivity contribution in [1.82, 2.24) is 0 Å². The Morgan fingerprint density at radius 3 is 1.62 bits per heavy atom. The molecule has 2 unspecified atom stereocenters. The average molecular weight is 246 g/mol. The van der Waals surface area contributed by atoms with E-state index in [4.69, 9.17) is 9.47 Å². The fourth-order valence-corrected chi connectivity index (χ4v) is 1.07. The summed E-state index contributed by atoms with van der Waals surface area (Å²) in [5.41, 5.74) is 0. The van der Waals surface area contributed by atoms with Crippen molar-refractivity contribution in [2.45, 2.75) is 10.0 Å². The van der Waals surface area contributed by atoms with E-state index in [2.05, 4.69) is 31.9 Å². The van der Waals surface area contributed by atoms with Crippen LogP contribution < -0.4 is 0 Å². The molecule has 0 aromatic rings. The molecule has 1 saturated heterocycles. The number of ether oxygens (including phenoxy) is 2. The molecular formula is C4H6Br2O2. The Bertz CT molecular complexity index is 60.4. The summed E-state index contributed by atoms with van der Waals surface area (Å²) in [7, 11) is 0. The molecule has 0 bridgehead atoms. The van der Waals surface area contributed by atoms with E-state index < -0.39 is 0 Å². The molecule has 0 saturated carbocycles. The van der Waals surface area contributed by atoms with Crippen molar-refractivity contribution < 1.29 is 9.47 Å². The topological polar surface area (TPSA) is 18.5 Å².